The first kappa shape index (κ1) is 21.0. The Kier molecular flexibility index (Phi) is 5.67. The molecule has 164 valence electrons. The third-order valence-corrected chi connectivity index (χ3v) is 7.27. The molecule has 1 atom stereocenters. The normalized spacial score (nSPS) is 16.4. The maximum absolute atomic E-state index is 13.9. The number of anilines is 1. The fourth-order valence-corrected chi connectivity index (χ4v) is 5.44. The monoisotopic (exact) mass is 453 g/mol. The SMILES string of the molecule is O=S(=O)(c1ccccc1)N1N=C(c2ccccc2)CN(c2ccccc2)C1c1ccccc1. The highest BCUT2D eigenvalue weighted by Crippen LogP contribution is 2.37. The lowest BCUT2D eigenvalue weighted by molar-refractivity contribution is 0.317. The van der Waals surface area contributed by atoms with Gasteiger partial charge in [-0.2, -0.15) is 17.9 Å². The van der Waals surface area contributed by atoms with Gasteiger partial charge in [-0.05, 0) is 35.4 Å². The van der Waals surface area contributed by atoms with Gasteiger partial charge in [0.15, 0.2) is 6.17 Å². The van der Waals surface area contributed by atoms with Crippen molar-refractivity contribution in [2.24, 2.45) is 5.10 Å². The van der Waals surface area contributed by atoms with E-state index in [9.17, 15) is 8.42 Å². The molecule has 0 bridgehead atoms. The van der Waals surface area contributed by atoms with Crippen molar-refractivity contribution < 1.29 is 8.42 Å². The second-order valence-electron chi connectivity index (χ2n) is 7.75. The van der Waals surface area contributed by atoms with Gasteiger partial charge in [-0.1, -0.05) is 97.1 Å². The van der Waals surface area contributed by atoms with E-state index in [1.54, 1.807) is 30.3 Å². The molecule has 1 heterocycles. The number of benzene rings is 4. The molecule has 1 unspecified atom stereocenters. The first-order valence-corrected chi connectivity index (χ1v) is 12.2. The smallest absolute Gasteiger partial charge is 0.281 e. The van der Waals surface area contributed by atoms with E-state index in [0.29, 0.717) is 12.3 Å². The zero-order valence-corrected chi connectivity index (χ0v) is 18.7. The number of sulfonamides is 1. The van der Waals surface area contributed by atoms with Crippen molar-refractivity contribution in [1.82, 2.24) is 4.41 Å². The predicted octanol–water partition coefficient (Wildman–Crippen LogP) is 5.30. The Morgan fingerprint density at radius 2 is 1.18 bits per heavy atom. The maximum Gasteiger partial charge on any atom is 0.281 e. The third-order valence-electron chi connectivity index (χ3n) is 5.62. The lowest BCUT2D eigenvalue weighted by Gasteiger charge is -2.43. The maximum atomic E-state index is 13.9. The van der Waals surface area contributed by atoms with E-state index >= 15 is 0 Å². The molecule has 0 aromatic heterocycles. The Morgan fingerprint density at radius 1 is 0.667 bits per heavy atom. The predicted molar refractivity (Wildman–Crippen MR) is 131 cm³/mol. The minimum Gasteiger partial charge on any atom is -0.339 e. The Hall–Kier alpha value is -3.90. The van der Waals surface area contributed by atoms with E-state index in [4.69, 9.17) is 5.10 Å². The van der Waals surface area contributed by atoms with Crippen molar-refractivity contribution >= 4 is 21.4 Å². The van der Waals surface area contributed by atoms with Crippen molar-refractivity contribution in [3.63, 3.8) is 0 Å². The second-order valence-corrected chi connectivity index (χ2v) is 9.55. The molecule has 0 saturated carbocycles. The Balaban J connectivity index is 1.74. The van der Waals surface area contributed by atoms with E-state index in [1.165, 1.54) is 4.41 Å². The molecule has 4 aromatic carbocycles. The van der Waals surface area contributed by atoms with Crippen LogP contribution in [0.1, 0.15) is 17.3 Å². The summed E-state index contributed by atoms with van der Waals surface area (Å²) in [5.74, 6) is 0. The van der Waals surface area contributed by atoms with Crippen LogP contribution in [0.4, 0.5) is 5.69 Å². The molecule has 0 fully saturated rings. The molecular weight excluding hydrogens is 430 g/mol. The van der Waals surface area contributed by atoms with Gasteiger partial charge in [0, 0.05) is 5.69 Å². The molecule has 33 heavy (non-hydrogen) atoms. The minimum absolute atomic E-state index is 0.206. The zero-order valence-electron chi connectivity index (χ0n) is 17.9. The van der Waals surface area contributed by atoms with Crippen molar-refractivity contribution in [3.05, 3.63) is 132 Å². The molecule has 0 aliphatic carbocycles. The molecule has 0 radical (unpaired) electrons. The van der Waals surface area contributed by atoms with E-state index in [0.717, 1.165) is 16.8 Å². The van der Waals surface area contributed by atoms with Crippen molar-refractivity contribution in [1.29, 1.82) is 0 Å². The summed E-state index contributed by atoms with van der Waals surface area (Å²) in [6.45, 7) is 0.467. The van der Waals surface area contributed by atoms with E-state index in [-0.39, 0.29) is 4.90 Å². The summed E-state index contributed by atoms with van der Waals surface area (Å²) >= 11 is 0. The number of hydrazone groups is 1. The molecule has 6 heteroatoms. The summed E-state index contributed by atoms with van der Waals surface area (Å²) in [5, 5.41) is 4.75. The molecule has 0 amide bonds. The van der Waals surface area contributed by atoms with Crippen LogP contribution in [-0.4, -0.2) is 25.1 Å². The van der Waals surface area contributed by atoms with Crippen LogP contribution in [0.25, 0.3) is 0 Å². The number of hydrogen-bond donors (Lipinski definition) is 0. The summed E-state index contributed by atoms with van der Waals surface area (Å²) in [7, 11) is -3.94. The summed E-state index contributed by atoms with van der Waals surface area (Å²) in [6, 6.07) is 37.7. The fourth-order valence-electron chi connectivity index (χ4n) is 4.02. The summed E-state index contributed by atoms with van der Waals surface area (Å²) in [5.41, 5.74) is 3.34. The molecule has 0 spiro atoms. The van der Waals surface area contributed by atoms with Gasteiger partial charge in [-0.3, -0.25) is 0 Å². The average Bonchev–Trinajstić information content (AvgIpc) is 2.90. The average molecular weight is 454 g/mol. The first-order chi connectivity index (χ1) is 16.1. The van der Waals surface area contributed by atoms with Crippen molar-refractivity contribution in [3.8, 4) is 0 Å². The standard InChI is InChI=1S/C27H23N3O2S/c31-33(32,25-19-11-4-12-20-25)30-27(23-15-7-2-8-16-23)29(24-17-9-3-10-18-24)21-26(28-30)22-13-5-1-6-14-22/h1-20,27H,21H2. The Bertz CT molecular complexity index is 1340. The van der Waals surface area contributed by atoms with Crippen LogP contribution < -0.4 is 4.90 Å². The largest absolute Gasteiger partial charge is 0.339 e. The molecule has 1 aliphatic heterocycles. The zero-order chi connectivity index (χ0) is 22.7. The molecule has 5 rings (SSSR count). The molecule has 1 aliphatic rings. The minimum atomic E-state index is -3.94. The van der Waals surface area contributed by atoms with Gasteiger partial charge in [-0.25, -0.2) is 0 Å². The van der Waals surface area contributed by atoms with Crippen molar-refractivity contribution in [2.75, 3.05) is 11.4 Å². The Morgan fingerprint density at radius 3 is 1.79 bits per heavy atom. The van der Waals surface area contributed by atoms with Crippen LogP contribution in [0.15, 0.2) is 131 Å². The molecule has 4 aromatic rings. The number of hydrogen-bond acceptors (Lipinski definition) is 4. The topological polar surface area (TPSA) is 53.0 Å². The molecule has 5 nitrogen and oxygen atoms in total. The van der Waals surface area contributed by atoms with E-state index in [1.807, 2.05) is 91.0 Å². The fraction of sp³-hybridized carbons (Fsp3) is 0.0741. The van der Waals surface area contributed by atoms with Gasteiger partial charge in [0.2, 0.25) is 0 Å². The lowest BCUT2D eigenvalue weighted by Crippen LogP contribution is -2.49. The van der Waals surface area contributed by atoms with Crippen molar-refractivity contribution in [2.45, 2.75) is 11.1 Å². The molecular formula is C27H23N3O2S. The Labute approximate surface area is 194 Å². The number of nitrogens with zero attached hydrogens (tertiary/aromatic N) is 3. The van der Waals surface area contributed by atoms with Crippen LogP contribution in [0.3, 0.4) is 0 Å². The quantitative estimate of drug-likeness (QED) is 0.412. The highest BCUT2D eigenvalue weighted by atomic mass is 32.2. The van der Waals surface area contributed by atoms with Crippen LogP contribution >= 0.6 is 0 Å². The number of para-hydroxylation sites is 1. The summed E-state index contributed by atoms with van der Waals surface area (Å²) in [4.78, 5) is 2.29. The van der Waals surface area contributed by atoms with Gasteiger partial charge in [0.25, 0.3) is 10.0 Å². The van der Waals surface area contributed by atoms with E-state index in [2.05, 4.69) is 4.90 Å². The van der Waals surface area contributed by atoms with Gasteiger partial charge in [0.1, 0.15) is 0 Å². The van der Waals surface area contributed by atoms with Crippen LogP contribution in [0.2, 0.25) is 0 Å². The summed E-state index contributed by atoms with van der Waals surface area (Å²) < 4.78 is 29.1. The van der Waals surface area contributed by atoms with E-state index < -0.39 is 16.2 Å². The van der Waals surface area contributed by atoms with Gasteiger partial charge >= 0.3 is 0 Å². The first-order valence-electron chi connectivity index (χ1n) is 10.7. The van der Waals surface area contributed by atoms with Gasteiger partial charge in [0.05, 0.1) is 17.2 Å². The summed E-state index contributed by atoms with van der Waals surface area (Å²) in [6.07, 6.45) is -0.633. The highest BCUT2D eigenvalue weighted by Gasteiger charge is 2.39. The molecule has 0 N–H and O–H groups in total. The molecule has 0 saturated heterocycles. The number of rotatable bonds is 5. The van der Waals surface area contributed by atoms with Gasteiger partial charge < -0.3 is 4.90 Å². The highest BCUT2D eigenvalue weighted by molar-refractivity contribution is 7.89. The van der Waals surface area contributed by atoms with Crippen LogP contribution in [0, 0.1) is 0 Å². The third kappa shape index (κ3) is 4.13. The van der Waals surface area contributed by atoms with Crippen LogP contribution in [0.5, 0.6) is 0 Å². The van der Waals surface area contributed by atoms with Gasteiger partial charge in [-0.15, -0.1) is 0 Å². The second kappa shape index (κ2) is 8.92. The lowest BCUT2D eigenvalue weighted by atomic mass is 10.1. The van der Waals surface area contributed by atoms with Crippen LogP contribution in [-0.2, 0) is 10.0 Å².